The second kappa shape index (κ2) is 5.24. The lowest BCUT2D eigenvalue weighted by molar-refractivity contribution is 1.11. The Hall–Kier alpha value is -1.47. The maximum absolute atomic E-state index is 6.09. The van der Waals surface area contributed by atoms with E-state index >= 15 is 0 Å². The molecule has 17 heavy (non-hydrogen) atoms. The van der Waals surface area contributed by atoms with Gasteiger partial charge in [0, 0.05) is 17.3 Å². The molecule has 2 aromatic carbocycles. The van der Waals surface area contributed by atoms with E-state index in [4.69, 9.17) is 11.6 Å². The zero-order chi connectivity index (χ0) is 12.3. The molecule has 2 rings (SSSR count). The minimum atomic E-state index is 0.805. The van der Waals surface area contributed by atoms with Crippen LogP contribution in [-0.4, -0.2) is 0 Å². The standard InChI is InChI=1S/C15H16ClN/c1-11-6-3-4-7-13(11)10-17-15-9-5-8-14(16)12(15)2/h3-9,17H,10H2,1-2H3. The Bertz CT molecular complexity index is 520. The number of benzene rings is 2. The number of hydrogen-bond donors (Lipinski definition) is 1. The van der Waals surface area contributed by atoms with Crippen molar-refractivity contribution in [1.29, 1.82) is 0 Å². The summed E-state index contributed by atoms with van der Waals surface area (Å²) in [6, 6.07) is 14.3. The van der Waals surface area contributed by atoms with Crippen LogP contribution in [0, 0.1) is 13.8 Å². The lowest BCUT2D eigenvalue weighted by atomic mass is 10.1. The van der Waals surface area contributed by atoms with E-state index in [0.29, 0.717) is 0 Å². The molecule has 2 heteroatoms. The van der Waals surface area contributed by atoms with Crippen LogP contribution in [0.15, 0.2) is 42.5 Å². The zero-order valence-electron chi connectivity index (χ0n) is 10.1. The van der Waals surface area contributed by atoms with E-state index in [1.807, 2.05) is 19.1 Å². The molecule has 2 aromatic rings. The molecule has 1 N–H and O–H groups in total. The van der Waals surface area contributed by atoms with Crippen molar-refractivity contribution in [1.82, 2.24) is 0 Å². The molecule has 0 amide bonds. The van der Waals surface area contributed by atoms with Crippen molar-refractivity contribution in [2.45, 2.75) is 20.4 Å². The van der Waals surface area contributed by atoms with Gasteiger partial charge in [-0.15, -0.1) is 0 Å². The van der Waals surface area contributed by atoms with Gasteiger partial charge in [-0.3, -0.25) is 0 Å². The van der Waals surface area contributed by atoms with Gasteiger partial charge < -0.3 is 5.32 Å². The van der Waals surface area contributed by atoms with Gasteiger partial charge in [-0.2, -0.15) is 0 Å². The highest BCUT2D eigenvalue weighted by atomic mass is 35.5. The molecule has 1 nitrogen and oxygen atoms in total. The Balaban J connectivity index is 2.13. The van der Waals surface area contributed by atoms with Gasteiger partial charge in [0.15, 0.2) is 0 Å². The summed E-state index contributed by atoms with van der Waals surface area (Å²) >= 11 is 6.09. The van der Waals surface area contributed by atoms with Gasteiger partial charge in [0.1, 0.15) is 0 Å². The largest absolute Gasteiger partial charge is 0.381 e. The normalized spacial score (nSPS) is 10.3. The molecule has 0 aliphatic heterocycles. The highest BCUT2D eigenvalue weighted by molar-refractivity contribution is 6.31. The first kappa shape index (κ1) is 12.0. The topological polar surface area (TPSA) is 12.0 Å². The van der Waals surface area contributed by atoms with Gasteiger partial charge in [-0.25, -0.2) is 0 Å². The molecule has 0 heterocycles. The molecule has 0 fully saturated rings. The molecule has 88 valence electrons. The van der Waals surface area contributed by atoms with Gasteiger partial charge >= 0.3 is 0 Å². The highest BCUT2D eigenvalue weighted by Crippen LogP contribution is 2.23. The van der Waals surface area contributed by atoms with Crippen LogP contribution in [-0.2, 0) is 6.54 Å². The molecule has 0 aromatic heterocycles. The third-order valence-corrected chi connectivity index (χ3v) is 3.41. The highest BCUT2D eigenvalue weighted by Gasteiger charge is 2.02. The number of anilines is 1. The van der Waals surface area contributed by atoms with E-state index in [1.165, 1.54) is 11.1 Å². The second-order valence-electron chi connectivity index (χ2n) is 4.19. The molecule has 0 aliphatic rings. The Labute approximate surface area is 107 Å². The predicted molar refractivity (Wildman–Crippen MR) is 74.7 cm³/mol. The molecular weight excluding hydrogens is 230 g/mol. The lowest BCUT2D eigenvalue weighted by Crippen LogP contribution is -2.02. The second-order valence-corrected chi connectivity index (χ2v) is 4.60. The molecule has 0 aliphatic carbocycles. The average Bonchev–Trinajstić information content (AvgIpc) is 2.33. The van der Waals surface area contributed by atoms with Crippen LogP contribution in [0.25, 0.3) is 0 Å². The molecule has 0 bridgehead atoms. The summed E-state index contributed by atoms with van der Waals surface area (Å²) in [6.07, 6.45) is 0. The first-order valence-electron chi connectivity index (χ1n) is 5.72. The Morgan fingerprint density at radius 1 is 1.00 bits per heavy atom. The van der Waals surface area contributed by atoms with Crippen LogP contribution in [0.1, 0.15) is 16.7 Å². The van der Waals surface area contributed by atoms with Crippen molar-refractivity contribution >= 4 is 17.3 Å². The van der Waals surface area contributed by atoms with E-state index < -0.39 is 0 Å². The number of nitrogens with one attached hydrogen (secondary N) is 1. The summed E-state index contributed by atoms with van der Waals surface area (Å²) in [6.45, 7) is 4.98. The lowest BCUT2D eigenvalue weighted by Gasteiger charge is -2.12. The Kier molecular flexibility index (Phi) is 3.70. The van der Waals surface area contributed by atoms with E-state index in [9.17, 15) is 0 Å². The van der Waals surface area contributed by atoms with Gasteiger partial charge in [0.2, 0.25) is 0 Å². The average molecular weight is 246 g/mol. The van der Waals surface area contributed by atoms with Gasteiger partial charge in [0.05, 0.1) is 0 Å². The predicted octanol–water partition coefficient (Wildman–Crippen LogP) is 4.57. The summed E-state index contributed by atoms with van der Waals surface area (Å²) in [7, 11) is 0. The van der Waals surface area contributed by atoms with E-state index in [1.54, 1.807) is 0 Å². The van der Waals surface area contributed by atoms with Crippen molar-refractivity contribution in [2.75, 3.05) is 5.32 Å². The van der Waals surface area contributed by atoms with Gasteiger partial charge in [0.25, 0.3) is 0 Å². The minimum Gasteiger partial charge on any atom is -0.381 e. The first-order chi connectivity index (χ1) is 8.18. The third kappa shape index (κ3) is 2.80. The van der Waals surface area contributed by atoms with Gasteiger partial charge in [-0.1, -0.05) is 41.9 Å². The number of aryl methyl sites for hydroxylation is 1. The van der Waals surface area contributed by atoms with E-state index in [2.05, 4.69) is 42.6 Å². The number of hydrogen-bond acceptors (Lipinski definition) is 1. The number of halogens is 1. The number of rotatable bonds is 3. The Morgan fingerprint density at radius 3 is 2.53 bits per heavy atom. The van der Waals surface area contributed by atoms with Crippen LogP contribution in [0.2, 0.25) is 5.02 Å². The monoisotopic (exact) mass is 245 g/mol. The van der Waals surface area contributed by atoms with Crippen molar-refractivity contribution in [3.8, 4) is 0 Å². The molecular formula is C15H16ClN. The van der Waals surface area contributed by atoms with Crippen LogP contribution in [0.3, 0.4) is 0 Å². The molecule has 0 spiro atoms. The smallest absolute Gasteiger partial charge is 0.0455 e. The minimum absolute atomic E-state index is 0.805. The fourth-order valence-corrected chi connectivity index (χ4v) is 1.97. The first-order valence-corrected chi connectivity index (χ1v) is 6.10. The summed E-state index contributed by atoms with van der Waals surface area (Å²) in [5.41, 5.74) is 4.81. The SMILES string of the molecule is Cc1ccccc1CNc1cccc(Cl)c1C. The molecule has 0 unspecified atom stereocenters. The van der Waals surface area contributed by atoms with Crippen molar-refractivity contribution in [2.24, 2.45) is 0 Å². The van der Waals surface area contributed by atoms with E-state index in [0.717, 1.165) is 22.8 Å². The molecule has 0 saturated carbocycles. The van der Waals surface area contributed by atoms with E-state index in [-0.39, 0.29) is 0 Å². The summed E-state index contributed by atoms with van der Waals surface area (Å²) in [4.78, 5) is 0. The van der Waals surface area contributed by atoms with Crippen molar-refractivity contribution in [3.63, 3.8) is 0 Å². The maximum Gasteiger partial charge on any atom is 0.0455 e. The fourth-order valence-electron chi connectivity index (χ4n) is 1.80. The summed E-state index contributed by atoms with van der Waals surface area (Å²) < 4.78 is 0. The maximum atomic E-state index is 6.09. The summed E-state index contributed by atoms with van der Waals surface area (Å²) in [5.74, 6) is 0. The van der Waals surface area contributed by atoms with Crippen molar-refractivity contribution in [3.05, 3.63) is 64.2 Å². The van der Waals surface area contributed by atoms with Crippen molar-refractivity contribution < 1.29 is 0 Å². The summed E-state index contributed by atoms with van der Waals surface area (Å²) in [5, 5.41) is 4.23. The fraction of sp³-hybridized carbons (Fsp3) is 0.200. The quantitative estimate of drug-likeness (QED) is 0.835. The van der Waals surface area contributed by atoms with Crippen LogP contribution >= 0.6 is 11.6 Å². The molecule has 0 saturated heterocycles. The Morgan fingerprint density at radius 2 is 1.76 bits per heavy atom. The van der Waals surface area contributed by atoms with Crippen LogP contribution in [0.4, 0.5) is 5.69 Å². The molecule has 0 radical (unpaired) electrons. The van der Waals surface area contributed by atoms with Gasteiger partial charge in [-0.05, 0) is 42.7 Å². The van der Waals surface area contributed by atoms with Crippen LogP contribution < -0.4 is 5.32 Å². The molecule has 0 atom stereocenters. The third-order valence-electron chi connectivity index (χ3n) is 3.00. The van der Waals surface area contributed by atoms with Crippen LogP contribution in [0.5, 0.6) is 0 Å². The zero-order valence-corrected chi connectivity index (χ0v) is 10.9.